The number of hydrogen-bond donors (Lipinski definition) is 2. The fourth-order valence-corrected chi connectivity index (χ4v) is 3.24. The van der Waals surface area contributed by atoms with Gasteiger partial charge in [0.1, 0.15) is 5.69 Å². The second kappa shape index (κ2) is 6.11. The van der Waals surface area contributed by atoms with E-state index in [1.165, 1.54) is 18.6 Å². The second-order valence-corrected chi connectivity index (χ2v) is 6.11. The predicted molar refractivity (Wildman–Crippen MR) is 81.2 cm³/mol. The summed E-state index contributed by atoms with van der Waals surface area (Å²) in [6.45, 7) is 4.41. The summed E-state index contributed by atoms with van der Waals surface area (Å²) in [5, 5.41) is 14.4. The van der Waals surface area contributed by atoms with Crippen molar-refractivity contribution in [3.8, 4) is 0 Å². The number of nitro benzene ring substituents is 1. The summed E-state index contributed by atoms with van der Waals surface area (Å²) < 4.78 is 0. The molecule has 0 aromatic heterocycles. The van der Waals surface area contributed by atoms with Gasteiger partial charge in [0.25, 0.3) is 5.69 Å². The van der Waals surface area contributed by atoms with Gasteiger partial charge in [0.05, 0.1) is 4.92 Å². The average molecular weight is 291 g/mol. The number of nitrogens with one attached hydrogen (secondary N) is 1. The van der Waals surface area contributed by atoms with Crippen molar-refractivity contribution >= 4 is 17.3 Å². The van der Waals surface area contributed by atoms with Gasteiger partial charge in [0.2, 0.25) is 5.91 Å². The first-order valence-corrected chi connectivity index (χ1v) is 7.21. The van der Waals surface area contributed by atoms with Crippen molar-refractivity contribution in [2.75, 3.05) is 5.32 Å². The summed E-state index contributed by atoms with van der Waals surface area (Å²) in [6, 6.07) is 4.55. The number of anilines is 1. The average Bonchev–Trinajstić information content (AvgIpc) is 2.37. The summed E-state index contributed by atoms with van der Waals surface area (Å²) in [5.74, 6) is 0.551. The molecule has 2 unspecified atom stereocenters. The van der Waals surface area contributed by atoms with E-state index in [2.05, 4.69) is 19.2 Å². The Hall–Kier alpha value is -2.11. The maximum absolute atomic E-state index is 11.2. The van der Waals surface area contributed by atoms with Crippen molar-refractivity contribution in [3.63, 3.8) is 0 Å². The van der Waals surface area contributed by atoms with Crippen LogP contribution in [0.5, 0.6) is 0 Å². The molecule has 0 bridgehead atoms. The molecule has 0 spiro atoms. The van der Waals surface area contributed by atoms with Crippen molar-refractivity contribution in [1.29, 1.82) is 0 Å². The Morgan fingerprint density at radius 2 is 1.90 bits per heavy atom. The van der Waals surface area contributed by atoms with Gasteiger partial charge in [-0.2, -0.15) is 0 Å². The zero-order valence-corrected chi connectivity index (χ0v) is 12.3. The highest BCUT2D eigenvalue weighted by Gasteiger charge is 2.26. The first-order chi connectivity index (χ1) is 9.86. The van der Waals surface area contributed by atoms with Crippen molar-refractivity contribution in [3.05, 3.63) is 33.9 Å². The van der Waals surface area contributed by atoms with E-state index in [1.54, 1.807) is 6.07 Å². The van der Waals surface area contributed by atoms with Gasteiger partial charge >= 0.3 is 0 Å². The molecule has 1 fully saturated rings. The normalized spacial score (nSPS) is 25.3. The number of rotatable bonds is 4. The molecular formula is C15H21N3O3. The highest BCUT2D eigenvalue weighted by Crippen LogP contribution is 2.33. The molecule has 0 radical (unpaired) electrons. The van der Waals surface area contributed by atoms with E-state index in [0.29, 0.717) is 17.5 Å². The Morgan fingerprint density at radius 3 is 2.43 bits per heavy atom. The number of nitrogens with two attached hydrogens (primary N) is 1. The Labute approximate surface area is 123 Å². The molecular weight excluding hydrogens is 270 g/mol. The van der Waals surface area contributed by atoms with Crippen LogP contribution in [-0.4, -0.2) is 16.9 Å². The van der Waals surface area contributed by atoms with Crippen molar-refractivity contribution < 1.29 is 9.72 Å². The van der Waals surface area contributed by atoms with Crippen LogP contribution in [0.3, 0.4) is 0 Å². The summed E-state index contributed by atoms with van der Waals surface area (Å²) in [5.41, 5.74) is 5.68. The quantitative estimate of drug-likeness (QED) is 0.658. The molecule has 1 aliphatic rings. The van der Waals surface area contributed by atoms with Crippen molar-refractivity contribution in [2.45, 2.75) is 39.2 Å². The molecule has 1 amide bonds. The van der Waals surface area contributed by atoms with Gasteiger partial charge in [0, 0.05) is 17.7 Å². The van der Waals surface area contributed by atoms with Crippen LogP contribution in [0.2, 0.25) is 0 Å². The molecule has 21 heavy (non-hydrogen) atoms. The standard InChI is InChI=1S/C15H21N3O3/c1-9-5-10(2)7-12(6-9)17-13-4-3-11(15(16)19)8-14(13)18(20)21/h3-4,8-10,12,17H,5-7H2,1-2H3,(H2,16,19). The highest BCUT2D eigenvalue weighted by molar-refractivity contribution is 5.94. The smallest absolute Gasteiger partial charge is 0.293 e. The van der Waals surface area contributed by atoms with Crippen LogP contribution in [0.4, 0.5) is 11.4 Å². The van der Waals surface area contributed by atoms with Gasteiger partial charge < -0.3 is 11.1 Å². The highest BCUT2D eigenvalue weighted by atomic mass is 16.6. The third-order valence-corrected chi connectivity index (χ3v) is 4.02. The maximum atomic E-state index is 11.2. The van der Waals surface area contributed by atoms with Crippen LogP contribution < -0.4 is 11.1 Å². The zero-order chi connectivity index (χ0) is 15.6. The molecule has 1 aromatic rings. The van der Waals surface area contributed by atoms with E-state index in [4.69, 9.17) is 5.73 Å². The van der Waals surface area contributed by atoms with Crippen LogP contribution in [0.25, 0.3) is 0 Å². The molecule has 6 nitrogen and oxygen atoms in total. The summed E-state index contributed by atoms with van der Waals surface area (Å²) in [4.78, 5) is 21.8. The first kappa shape index (κ1) is 15.3. The van der Waals surface area contributed by atoms with Crippen molar-refractivity contribution in [1.82, 2.24) is 0 Å². The molecule has 2 atom stereocenters. The number of carbonyl (C=O) groups excluding carboxylic acids is 1. The lowest BCUT2D eigenvalue weighted by molar-refractivity contribution is -0.384. The van der Waals surface area contributed by atoms with Crippen LogP contribution in [0.15, 0.2) is 18.2 Å². The molecule has 3 N–H and O–H groups in total. The SMILES string of the molecule is CC1CC(C)CC(Nc2ccc(C(N)=O)cc2[N+](=O)[O-])C1. The lowest BCUT2D eigenvalue weighted by Gasteiger charge is -2.32. The van der Waals surface area contributed by atoms with Gasteiger partial charge in [-0.3, -0.25) is 14.9 Å². The topological polar surface area (TPSA) is 98.3 Å². The predicted octanol–water partition coefficient (Wildman–Crippen LogP) is 2.93. The fourth-order valence-electron chi connectivity index (χ4n) is 3.24. The second-order valence-electron chi connectivity index (χ2n) is 6.11. The van der Waals surface area contributed by atoms with E-state index >= 15 is 0 Å². The van der Waals surface area contributed by atoms with Gasteiger partial charge in [0.15, 0.2) is 0 Å². The molecule has 0 heterocycles. The molecule has 1 aromatic carbocycles. The summed E-state index contributed by atoms with van der Waals surface area (Å²) in [7, 11) is 0. The lowest BCUT2D eigenvalue weighted by atomic mass is 9.80. The number of hydrogen-bond acceptors (Lipinski definition) is 4. The van der Waals surface area contributed by atoms with Crippen molar-refractivity contribution in [2.24, 2.45) is 17.6 Å². The minimum Gasteiger partial charge on any atom is -0.377 e. The van der Waals surface area contributed by atoms with Crippen LogP contribution in [0.1, 0.15) is 43.5 Å². The Bertz CT molecular complexity index is 549. The lowest BCUT2D eigenvalue weighted by Crippen LogP contribution is -2.30. The van der Waals surface area contributed by atoms with E-state index in [0.717, 1.165) is 12.8 Å². The Morgan fingerprint density at radius 1 is 1.29 bits per heavy atom. The number of carbonyl (C=O) groups is 1. The fraction of sp³-hybridized carbons (Fsp3) is 0.533. The molecule has 1 saturated carbocycles. The third kappa shape index (κ3) is 3.71. The van der Waals surface area contributed by atoms with E-state index in [9.17, 15) is 14.9 Å². The minimum absolute atomic E-state index is 0.0998. The number of nitro groups is 1. The Balaban J connectivity index is 2.23. The molecule has 2 rings (SSSR count). The molecule has 0 aliphatic heterocycles. The third-order valence-electron chi connectivity index (χ3n) is 4.02. The van der Waals surface area contributed by atoms with E-state index in [-0.39, 0.29) is 17.3 Å². The van der Waals surface area contributed by atoms with E-state index in [1.807, 2.05) is 0 Å². The molecule has 1 aliphatic carbocycles. The number of amides is 1. The minimum atomic E-state index is -0.662. The van der Waals surface area contributed by atoms with Gasteiger partial charge in [-0.05, 0) is 43.2 Å². The van der Waals surface area contributed by atoms with Gasteiger partial charge in [-0.15, -0.1) is 0 Å². The molecule has 0 saturated heterocycles. The van der Waals surface area contributed by atoms with Gasteiger partial charge in [-0.25, -0.2) is 0 Å². The van der Waals surface area contributed by atoms with Crippen LogP contribution >= 0.6 is 0 Å². The Kier molecular flexibility index (Phi) is 4.45. The van der Waals surface area contributed by atoms with Crippen LogP contribution in [0, 0.1) is 22.0 Å². The number of benzene rings is 1. The summed E-state index contributed by atoms with van der Waals surface area (Å²) >= 11 is 0. The largest absolute Gasteiger partial charge is 0.377 e. The number of primary amides is 1. The maximum Gasteiger partial charge on any atom is 0.293 e. The monoisotopic (exact) mass is 291 g/mol. The van der Waals surface area contributed by atoms with Gasteiger partial charge in [-0.1, -0.05) is 13.8 Å². The molecule has 6 heteroatoms. The number of nitrogens with zero attached hydrogens (tertiary/aromatic N) is 1. The van der Waals surface area contributed by atoms with Crippen LogP contribution in [-0.2, 0) is 0 Å². The summed E-state index contributed by atoms with van der Waals surface area (Å²) in [6.07, 6.45) is 3.19. The zero-order valence-electron chi connectivity index (χ0n) is 12.3. The first-order valence-electron chi connectivity index (χ1n) is 7.21. The molecule has 114 valence electrons. The van der Waals surface area contributed by atoms with E-state index < -0.39 is 10.8 Å².